The highest BCUT2D eigenvalue weighted by Crippen LogP contribution is 2.32. The smallest absolute Gasteiger partial charge is 0.259 e. The molecule has 0 saturated carbocycles. The molecule has 1 fully saturated rings. The molecule has 8 nitrogen and oxygen atoms in total. The summed E-state index contributed by atoms with van der Waals surface area (Å²) < 4.78 is 1.69. The van der Waals surface area contributed by atoms with E-state index in [9.17, 15) is 4.79 Å². The van der Waals surface area contributed by atoms with Crippen molar-refractivity contribution in [3.05, 3.63) is 84.2 Å². The first-order valence-corrected chi connectivity index (χ1v) is 12.4. The van der Waals surface area contributed by atoms with Crippen molar-refractivity contribution in [3.63, 3.8) is 0 Å². The number of carbonyl (C=O) groups is 1. The van der Waals surface area contributed by atoms with E-state index >= 15 is 0 Å². The van der Waals surface area contributed by atoms with Crippen molar-refractivity contribution in [2.45, 2.75) is 32.2 Å². The number of pyridine rings is 2. The minimum absolute atomic E-state index is 0.0433. The molecule has 0 aliphatic carbocycles. The van der Waals surface area contributed by atoms with Crippen molar-refractivity contribution < 1.29 is 4.79 Å². The maximum absolute atomic E-state index is 14.1. The minimum atomic E-state index is -0.0433. The van der Waals surface area contributed by atoms with Crippen LogP contribution < -0.4 is 10.2 Å². The summed E-state index contributed by atoms with van der Waals surface area (Å²) in [5, 5.41) is 14.0. The molecule has 1 unspecified atom stereocenters. The Labute approximate surface area is 209 Å². The maximum Gasteiger partial charge on any atom is 0.259 e. The quantitative estimate of drug-likeness (QED) is 0.411. The third-order valence-electron chi connectivity index (χ3n) is 6.90. The van der Waals surface area contributed by atoms with Crippen molar-refractivity contribution in [3.8, 4) is 5.69 Å². The Bertz CT molecular complexity index is 1530. The Morgan fingerprint density at radius 2 is 1.86 bits per heavy atom. The van der Waals surface area contributed by atoms with Gasteiger partial charge in [-0.1, -0.05) is 23.4 Å². The van der Waals surface area contributed by atoms with Crippen molar-refractivity contribution in [2.75, 3.05) is 18.0 Å². The van der Waals surface area contributed by atoms with Crippen LogP contribution >= 0.6 is 0 Å². The van der Waals surface area contributed by atoms with Crippen molar-refractivity contribution in [1.82, 2.24) is 30.3 Å². The molecule has 1 N–H and O–H groups in total. The summed E-state index contributed by atoms with van der Waals surface area (Å²) in [6, 6.07) is 19.5. The fraction of sp³-hybridized carbons (Fsp3) is 0.250. The lowest BCUT2D eigenvalue weighted by atomic mass is 10.0. The lowest BCUT2D eigenvalue weighted by Crippen LogP contribution is -2.42. The molecule has 2 aromatic carbocycles. The zero-order chi connectivity index (χ0) is 24.5. The topological polar surface area (TPSA) is 88.8 Å². The third-order valence-corrected chi connectivity index (χ3v) is 6.90. The number of amides is 1. The monoisotopic (exact) mass is 477 g/mol. The van der Waals surface area contributed by atoms with Crippen LogP contribution in [-0.2, 0) is 0 Å². The van der Waals surface area contributed by atoms with E-state index in [1.54, 1.807) is 17.1 Å². The van der Waals surface area contributed by atoms with E-state index in [-0.39, 0.29) is 11.9 Å². The van der Waals surface area contributed by atoms with Gasteiger partial charge < -0.3 is 5.32 Å². The predicted octanol–water partition coefficient (Wildman–Crippen LogP) is 4.46. The average molecular weight is 478 g/mol. The van der Waals surface area contributed by atoms with Crippen LogP contribution in [0.25, 0.3) is 27.6 Å². The highest BCUT2D eigenvalue weighted by molar-refractivity contribution is 6.10. The number of nitrogens with zero attached hydrogens (tertiary/aromatic N) is 6. The number of rotatable bonds is 4. The number of carbonyl (C=O) groups excluding carboxylic acids is 1. The molecule has 6 rings (SSSR count). The first-order chi connectivity index (χ1) is 17.7. The standard InChI is InChI=1S/C28H27N7O/c1-19-5-2-6-20-13-18-31-27(25(19)20)34(22-7-3-15-29-17-14-22)28(36)21-9-11-23(12-10-21)35-26-24(32-33-35)8-4-16-30-26/h2,4-6,8-13,16,18,22,29H,3,7,14-15,17H2,1H3. The van der Waals surface area contributed by atoms with E-state index < -0.39 is 0 Å². The van der Waals surface area contributed by atoms with Crippen LogP contribution in [0.15, 0.2) is 73.1 Å². The van der Waals surface area contributed by atoms with Crippen LogP contribution in [0.1, 0.15) is 35.2 Å². The number of nitrogens with one attached hydrogen (secondary N) is 1. The van der Waals surface area contributed by atoms with Gasteiger partial charge in [-0.05, 0) is 92.7 Å². The van der Waals surface area contributed by atoms with Gasteiger partial charge in [-0.25, -0.2) is 9.97 Å². The van der Waals surface area contributed by atoms with E-state index in [0.29, 0.717) is 11.2 Å². The van der Waals surface area contributed by atoms with Gasteiger partial charge in [0.15, 0.2) is 5.65 Å². The minimum Gasteiger partial charge on any atom is -0.317 e. The largest absolute Gasteiger partial charge is 0.317 e. The molecule has 1 atom stereocenters. The fourth-order valence-electron chi connectivity index (χ4n) is 5.09. The third kappa shape index (κ3) is 3.99. The van der Waals surface area contributed by atoms with Crippen molar-refractivity contribution in [1.29, 1.82) is 0 Å². The summed E-state index contributed by atoms with van der Waals surface area (Å²) in [5.41, 5.74) is 3.93. The second kappa shape index (κ2) is 9.47. The van der Waals surface area contributed by atoms with Crippen molar-refractivity contribution >= 4 is 33.7 Å². The van der Waals surface area contributed by atoms with Crippen LogP contribution in [-0.4, -0.2) is 50.0 Å². The molecule has 0 spiro atoms. The Morgan fingerprint density at radius 3 is 2.75 bits per heavy atom. The molecule has 0 bridgehead atoms. The van der Waals surface area contributed by atoms with Crippen LogP contribution in [0, 0.1) is 6.92 Å². The number of hydrogen-bond donors (Lipinski definition) is 1. The second-order valence-electron chi connectivity index (χ2n) is 9.21. The second-order valence-corrected chi connectivity index (χ2v) is 9.21. The van der Waals surface area contributed by atoms with Gasteiger partial charge in [-0.15, -0.1) is 5.10 Å². The molecule has 4 heterocycles. The number of anilines is 1. The van der Waals surface area contributed by atoms with E-state index in [0.717, 1.165) is 65.7 Å². The molecule has 1 aliphatic rings. The Kier molecular flexibility index (Phi) is 5.87. The SMILES string of the molecule is Cc1cccc2ccnc(N(C(=O)c3ccc(-n4nnc5cccnc54)cc3)C3CCCNCC3)c12. The molecule has 36 heavy (non-hydrogen) atoms. The zero-order valence-electron chi connectivity index (χ0n) is 20.1. The van der Waals surface area contributed by atoms with Crippen LogP contribution in [0.2, 0.25) is 0 Å². The van der Waals surface area contributed by atoms with Gasteiger partial charge in [0, 0.05) is 29.4 Å². The highest BCUT2D eigenvalue weighted by Gasteiger charge is 2.29. The van der Waals surface area contributed by atoms with Gasteiger partial charge in [-0.3, -0.25) is 9.69 Å². The summed E-state index contributed by atoms with van der Waals surface area (Å²) in [6.45, 7) is 3.93. The summed E-state index contributed by atoms with van der Waals surface area (Å²) in [4.78, 5) is 25.2. The van der Waals surface area contributed by atoms with Crippen LogP contribution in [0.4, 0.5) is 5.82 Å². The molecule has 1 aliphatic heterocycles. The number of fused-ring (bicyclic) bond motifs is 2. The van der Waals surface area contributed by atoms with Gasteiger partial charge in [0.2, 0.25) is 0 Å². The van der Waals surface area contributed by atoms with Gasteiger partial charge in [0.1, 0.15) is 11.3 Å². The number of aryl methyl sites for hydroxylation is 1. The van der Waals surface area contributed by atoms with E-state index in [4.69, 9.17) is 4.98 Å². The normalized spacial score (nSPS) is 16.2. The zero-order valence-corrected chi connectivity index (χ0v) is 20.1. The molecule has 0 radical (unpaired) electrons. The Hall–Kier alpha value is -4.17. The predicted molar refractivity (Wildman–Crippen MR) is 140 cm³/mol. The lowest BCUT2D eigenvalue weighted by Gasteiger charge is -2.31. The molecular weight excluding hydrogens is 450 g/mol. The summed E-state index contributed by atoms with van der Waals surface area (Å²) in [5.74, 6) is 0.691. The van der Waals surface area contributed by atoms with Gasteiger partial charge in [0.05, 0.1) is 5.69 Å². The number of hydrogen-bond acceptors (Lipinski definition) is 6. The van der Waals surface area contributed by atoms with Gasteiger partial charge in [-0.2, -0.15) is 4.68 Å². The molecule has 1 amide bonds. The fourth-order valence-corrected chi connectivity index (χ4v) is 5.09. The molecule has 1 saturated heterocycles. The molecular formula is C28H27N7O. The Morgan fingerprint density at radius 1 is 0.972 bits per heavy atom. The molecule has 5 aromatic rings. The highest BCUT2D eigenvalue weighted by atomic mass is 16.2. The Balaban J connectivity index is 1.41. The van der Waals surface area contributed by atoms with E-state index in [1.807, 2.05) is 53.4 Å². The summed E-state index contributed by atoms with van der Waals surface area (Å²) in [6.07, 6.45) is 6.35. The molecule has 3 aromatic heterocycles. The average Bonchev–Trinajstić information content (AvgIpc) is 3.17. The van der Waals surface area contributed by atoms with E-state index in [2.05, 4.69) is 39.7 Å². The van der Waals surface area contributed by atoms with Crippen LogP contribution in [0.3, 0.4) is 0 Å². The maximum atomic E-state index is 14.1. The first-order valence-electron chi connectivity index (χ1n) is 12.4. The lowest BCUT2D eigenvalue weighted by molar-refractivity contribution is 0.0974. The molecule has 8 heteroatoms. The van der Waals surface area contributed by atoms with Gasteiger partial charge in [0.25, 0.3) is 5.91 Å². The van der Waals surface area contributed by atoms with Gasteiger partial charge >= 0.3 is 0 Å². The van der Waals surface area contributed by atoms with E-state index in [1.165, 1.54) is 0 Å². The summed E-state index contributed by atoms with van der Waals surface area (Å²) >= 11 is 0. The number of benzene rings is 2. The summed E-state index contributed by atoms with van der Waals surface area (Å²) in [7, 11) is 0. The number of aromatic nitrogens is 5. The van der Waals surface area contributed by atoms with Crippen molar-refractivity contribution in [2.24, 2.45) is 0 Å². The van der Waals surface area contributed by atoms with Crippen LogP contribution in [0.5, 0.6) is 0 Å². The first kappa shape index (κ1) is 22.3. The molecule has 180 valence electrons.